The first-order chi connectivity index (χ1) is 12.7. The van der Waals surface area contributed by atoms with Gasteiger partial charge in [0, 0.05) is 29.7 Å². The maximum atomic E-state index is 12.7. The number of nitrogens with one attached hydrogen (secondary N) is 2. The zero-order valence-electron chi connectivity index (χ0n) is 14.1. The van der Waals surface area contributed by atoms with Gasteiger partial charge >= 0.3 is 0 Å². The quantitative estimate of drug-likeness (QED) is 0.592. The molecule has 1 atom stereocenters. The van der Waals surface area contributed by atoms with Gasteiger partial charge in [0.25, 0.3) is 5.56 Å². The van der Waals surface area contributed by atoms with Crippen molar-refractivity contribution in [1.82, 2.24) is 25.1 Å². The second-order valence-corrected chi connectivity index (χ2v) is 6.10. The Morgan fingerprint density at radius 1 is 1.19 bits per heavy atom. The average molecular weight is 347 g/mol. The molecule has 1 aromatic carbocycles. The molecule has 130 valence electrons. The first kappa shape index (κ1) is 16.0. The highest BCUT2D eigenvalue weighted by atomic mass is 16.2. The highest BCUT2D eigenvalue weighted by molar-refractivity contribution is 6.08. The van der Waals surface area contributed by atoms with E-state index in [1.165, 1.54) is 0 Å². The number of amides is 1. The summed E-state index contributed by atoms with van der Waals surface area (Å²) >= 11 is 0. The molecule has 26 heavy (non-hydrogen) atoms. The molecular weight excluding hydrogens is 330 g/mol. The van der Waals surface area contributed by atoms with Gasteiger partial charge in [-0.3, -0.25) is 14.6 Å². The number of pyridine rings is 1. The minimum Gasteiger partial charge on any atom is -0.350 e. The van der Waals surface area contributed by atoms with Crippen LogP contribution in [0.5, 0.6) is 0 Å². The van der Waals surface area contributed by atoms with Gasteiger partial charge < -0.3 is 9.88 Å². The minimum atomic E-state index is -0.558. The summed E-state index contributed by atoms with van der Waals surface area (Å²) in [4.78, 5) is 29.2. The third-order valence-electron chi connectivity index (χ3n) is 4.48. The first-order valence-electron chi connectivity index (χ1n) is 8.30. The lowest BCUT2D eigenvalue weighted by Gasteiger charge is -2.16. The van der Waals surface area contributed by atoms with E-state index in [1.54, 1.807) is 30.1 Å². The molecule has 3 aromatic heterocycles. The maximum Gasteiger partial charge on any atom is 0.288 e. The lowest BCUT2D eigenvalue weighted by Crippen LogP contribution is -2.31. The number of rotatable bonds is 4. The zero-order chi connectivity index (χ0) is 18.1. The van der Waals surface area contributed by atoms with Gasteiger partial charge in [0.15, 0.2) is 0 Å². The lowest BCUT2D eigenvalue weighted by molar-refractivity contribution is -0.123. The lowest BCUT2D eigenvalue weighted by atomic mass is 10.2. The smallest absolute Gasteiger partial charge is 0.288 e. The Bertz CT molecular complexity index is 1150. The van der Waals surface area contributed by atoms with Crippen LogP contribution in [0.25, 0.3) is 21.8 Å². The van der Waals surface area contributed by atoms with E-state index in [-0.39, 0.29) is 11.5 Å². The predicted molar refractivity (Wildman–Crippen MR) is 98.7 cm³/mol. The van der Waals surface area contributed by atoms with Crippen LogP contribution in [-0.2, 0) is 11.3 Å². The van der Waals surface area contributed by atoms with Crippen molar-refractivity contribution in [2.24, 2.45) is 0 Å². The van der Waals surface area contributed by atoms with Crippen molar-refractivity contribution < 1.29 is 4.79 Å². The summed E-state index contributed by atoms with van der Waals surface area (Å²) in [6.07, 6.45) is 5.02. The van der Waals surface area contributed by atoms with Crippen molar-refractivity contribution in [3.05, 3.63) is 70.9 Å². The Kier molecular flexibility index (Phi) is 3.96. The van der Waals surface area contributed by atoms with Crippen molar-refractivity contribution in [1.29, 1.82) is 0 Å². The van der Waals surface area contributed by atoms with Crippen LogP contribution >= 0.6 is 0 Å². The van der Waals surface area contributed by atoms with Gasteiger partial charge in [0.05, 0.1) is 11.7 Å². The summed E-state index contributed by atoms with van der Waals surface area (Å²) in [6, 6.07) is 10.8. The molecule has 4 rings (SSSR count). The Labute approximate surface area is 148 Å². The van der Waals surface area contributed by atoms with Crippen LogP contribution in [0.15, 0.2) is 59.8 Å². The SMILES string of the molecule is CC(C(=O)NCc1cccnc1)n1c2ccccc2c2cn[nH]c(=O)c21. The van der Waals surface area contributed by atoms with Gasteiger partial charge in [-0.15, -0.1) is 0 Å². The molecule has 7 nitrogen and oxygen atoms in total. The standard InChI is InChI=1S/C19H17N5O2/c1-12(18(25)21-10-13-5-4-8-20-9-13)24-16-7-3-2-6-14(16)15-11-22-23-19(26)17(15)24/h2-9,11-12H,10H2,1H3,(H,21,25)(H,23,26). The fourth-order valence-electron chi connectivity index (χ4n) is 3.22. The van der Waals surface area contributed by atoms with Crippen LogP contribution in [0, 0.1) is 0 Å². The number of nitrogens with zero attached hydrogens (tertiary/aromatic N) is 3. The molecule has 4 aromatic rings. The molecule has 2 N–H and O–H groups in total. The molecule has 3 heterocycles. The molecule has 1 amide bonds. The van der Waals surface area contributed by atoms with E-state index in [9.17, 15) is 9.59 Å². The van der Waals surface area contributed by atoms with E-state index in [1.807, 2.05) is 36.4 Å². The average Bonchev–Trinajstić information content (AvgIpc) is 3.02. The third kappa shape index (κ3) is 2.63. The molecular formula is C19H17N5O2. The number of carbonyl (C=O) groups is 1. The number of fused-ring (bicyclic) bond motifs is 3. The summed E-state index contributed by atoms with van der Waals surface area (Å²) in [5, 5.41) is 10.9. The van der Waals surface area contributed by atoms with Crippen molar-refractivity contribution in [3.8, 4) is 0 Å². The van der Waals surface area contributed by atoms with Gasteiger partial charge in [-0.05, 0) is 24.6 Å². The van der Waals surface area contributed by atoms with Crippen molar-refractivity contribution in [2.45, 2.75) is 19.5 Å². The number of benzene rings is 1. The molecule has 0 spiro atoms. The molecule has 0 bridgehead atoms. The Morgan fingerprint density at radius 2 is 2.04 bits per heavy atom. The topological polar surface area (TPSA) is 92.7 Å². The number of aromatic amines is 1. The molecule has 1 unspecified atom stereocenters. The zero-order valence-corrected chi connectivity index (χ0v) is 14.1. The number of carbonyl (C=O) groups excluding carboxylic acids is 1. The van der Waals surface area contributed by atoms with Crippen molar-refractivity contribution in [2.75, 3.05) is 0 Å². The second kappa shape index (κ2) is 6.44. The van der Waals surface area contributed by atoms with Crippen molar-refractivity contribution >= 4 is 27.7 Å². The Morgan fingerprint density at radius 3 is 2.85 bits per heavy atom. The predicted octanol–water partition coefficient (Wildman–Crippen LogP) is 2.15. The summed E-state index contributed by atoms with van der Waals surface area (Å²) in [7, 11) is 0. The van der Waals surface area contributed by atoms with Crippen LogP contribution in [0.2, 0.25) is 0 Å². The number of aromatic nitrogens is 4. The van der Waals surface area contributed by atoms with E-state index in [2.05, 4.69) is 20.5 Å². The van der Waals surface area contributed by atoms with Crippen LogP contribution in [0.4, 0.5) is 0 Å². The molecule has 0 fully saturated rings. The second-order valence-electron chi connectivity index (χ2n) is 6.10. The molecule has 0 radical (unpaired) electrons. The molecule has 0 aliphatic rings. The molecule has 0 saturated heterocycles. The van der Waals surface area contributed by atoms with Gasteiger partial charge in [-0.1, -0.05) is 24.3 Å². The van der Waals surface area contributed by atoms with Gasteiger partial charge in [-0.2, -0.15) is 5.10 Å². The van der Waals surface area contributed by atoms with Gasteiger partial charge in [-0.25, -0.2) is 5.10 Å². The fourth-order valence-corrected chi connectivity index (χ4v) is 3.22. The maximum absolute atomic E-state index is 12.7. The normalized spacial score (nSPS) is 12.3. The molecule has 7 heteroatoms. The number of H-pyrrole nitrogens is 1. The van der Waals surface area contributed by atoms with Crippen molar-refractivity contribution in [3.63, 3.8) is 0 Å². The summed E-state index contributed by atoms with van der Waals surface area (Å²) in [6.45, 7) is 2.16. The van der Waals surface area contributed by atoms with Gasteiger partial charge in [0.1, 0.15) is 11.6 Å². The summed E-state index contributed by atoms with van der Waals surface area (Å²) in [5.74, 6) is -0.173. The van der Waals surface area contributed by atoms with Gasteiger partial charge in [0.2, 0.25) is 5.91 Å². The highest BCUT2D eigenvalue weighted by Crippen LogP contribution is 2.29. The van der Waals surface area contributed by atoms with E-state index in [4.69, 9.17) is 0 Å². The largest absolute Gasteiger partial charge is 0.350 e. The van der Waals surface area contributed by atoms with E-state index in [0.29, 0.717) is 12.1 Å². The number of hydrogen-bond donors (Lipinski definition) is 2. The first-order valence-corrected chi connectivity index (χ1v) is 8.30. The number of para-hydroxylation sites is 1. The Hall–Kier alpha value is -3.48. The monoisotopic (exact) mass is 347 g/mol. The Balaban J connectivity index is 1.75. The van der Waals surface area contributed by atoms with Crippen LogP contribution in [-0.4, -0.2) is 25.7 Å². The molecule has 0 aliphatic heterocycles. The van der Waals surface area contributed by atoms with Crippen LogP contribution in [0.3, 0.4) is 0 Å². The molecule has 0 saturated carbocycles. The summed E-state index contributed by atoms with van der Waals surface area (Å²) < 4.78 is 1.77. The highest BCUT2D eigenvalue weighted by Gasteiger charge is 2.22. The van der Waals surface area contributed by atoms with E-state index >= 15 is 0 Å². The van der Waals surface area contributed by atoms with E-state index < -0.39 is 6.04 Å². The fraction of sp³-hybridized carbons (Fsp3) is 0.158. The summed E-state index contributed by atoms with van der Waals surface area (Å²) in [5.41, 5.74) is 1.87. The number of hydrogen-bond acceptors (Lipinski definition) is 4. The van der Waals surface area contributed by atoms with Crippen LogP contribution in [0.1, 0.15) is 18.5 Å². The van der Waals surface area contributed by atoms with E-state index in [0.717, 1.165) is 21.9 Å². The minimum absolute atomic E-state index is 0.173. The third-order valence-corrected chi connectivity index (χ3v) is 4.48. The molecule has 0 aliphatic carbocycles. The van der Waals surface area contributed by atoms with Crippen LogP contribution < -0.4 is 10.9 Å².